The van der Waals surface area contributed by atoms with E-state index in [2.05, 4.69) is 142 Å². The van der Waals surface area contributed by atoms with E-state index in [1.54, 1.807) is 0 Å². The lowest BCUT2D eigenvalue weighted by molar-refractivity contribution is -0.167. The van der Waals surface area contributed by atoms with Crippen molar-refractivity contribution in [2.75, 3.05) is 13.2 Å². The molecule has 408 valence electrons. The van der Waals surface area contributed by atoms with Crippen LogP contribution in [0.1, 0.15) is 258 Å². The number of esters is 3. The van der Waals surface area contributed by atoms with Gasteiger partial charge in [-0.2, -0.15) is 0 Å². The highest BCUT2D eigenvalue weighted by Crippen LogP contribution is 2.14. The molecule has 0 saturated carbocycles. The molecule has 0 rings (SSSR count). The van der Waals surface area contributed by atoms with Gasteiger partial charge in [0.15, 0.2) is 6.10 Å². The maximum Gasteiger partial charge on any atom is 0.306 e. The normalized spacial score (nSPS) is 13.0. The minimum absolute atomic E-state index is 0.0927. The lowest BCUT2D eigenvalue weighted by atomic mass is 10.1. The van der Waals surface area contributed by atoms with E-state index in [0.717, 1.165) is 135 Å². The van der Waals surface area contributed by atoms with Crippen molar-refractivity contribution in [3.05, 3.63) is 122 Å². The molecule has 0 radical (unpaired) electrons. The number of allylic oxidation sites excluding steroid dienone is 20. The van der Waals surface area contributed by atoms with Crippen LogP contribution in [0.15, 0.2) is 122 Å². The Kier molecular flexibility index (Phi) is 55.9. The third-order valence-corrected chi connectivity index (χ3v) is 12.2. The number of rotatable bonds is 52. The van der Waals surface area contributed by atoms with Gasteiger partial charge < -0.3 is 14.2 Å². The minimum atomic E-state index is -0.796. The number of carbonyl (C=O) groups excluding carboxylic acids is 3. The highest BCUT2D eigenvalue weighted by atomic mass is 16.6. The van der Waals surface area contributed by atoms with Crippen LogP contribution in [-0.4, -0.2) is 37.2 Å². The average Bonchev–Trinajstić information content (AvgIpc) is 3.38. The standard InChI is InChI=1S/C66H108O6/c1-4-7-10-13-16-19-21-23-25-26-27-28-29-30-31-32-33-34-35-36-37-38-39-40-42-43-45-47-50-53-56-59-65(68)71-62-63(61-70-64(67)58-55-52-49-18-15-12-9-6-3)72-66(69)60-57-54-51-48-46-44-41-24-22-20-17-14-11-8-5-2/h7,10,16,19,23-25,27-28,30-31,33-34,36-37,39-41,43,45,63H,4-6,8-9,11-15,17-18,20-22,26,29,32,35,38,42,44,46-62H2,1-3H3/b10-7-,19-16-,25-23-,28-27-,31-30-,34-33-,37-36-,40-39-,41-24-,45-43-. The first-order valence-electron chi connectivity index (χ1n) is 29.5. The Morgan fingerprint density at radius 1 is 0.292 bits per heavy atom. The third-order valence-electron chi connectivity index (χ3n) is 12.2. The molecule has 0 fully saturated rings. The van der Waals surface area contributed by atoms with Crippen LogP contribution >= 0.6 is 0 Å². The number of hydrogen-bond donors (Lipinski definition) is 0. The van der Waals surface area contributed by atoms with Gasteiger partial charge >= 0.3 is 17.9 Å². The summed E-state index contributed by atoms with van der Waals surface area (Å²) in [6.07, 6.45) is 82.1. The van der Waals surface area contributed by atoms with Crippen molar-refractivity contribution in [1.29, 1.82) is 0 Å². The zero-order valence-electron chi connectivity index (χ0n) is 46.7. The van der Waals surface area contributed by atoms with Gasteiger partial charge in [0.2, 0.25) is 0 Å². The highest BCUT2D eigenvalue weighted by Gasteiger charge is 2.19. The molecule has 0 saturated heterocycles. The second-order valence-electron chi connectivity index (χ2n) is 19.2. The Bertz CT molecular complexity index is 1520. The Balaban J connectivity index is 4.28. The maximum atomic E-state index is 12.8. The molecule has 0 amide bonds. The maximum absolute atomic E-state index is 12.8. The van der Waals surface area contributed by atoms with Gasteiger partial charge in [0.1, 0.15) is 13.2 Å². The van der Waals surface area contributed by atoms with Crippen LogP contribution in [0.25, 0.3) is 0 Å². The Morgan fingerprint density at radius 2 is 0.542 bits per heavy atom. The zero-order valence-corrected chi connectivity index (χ0v) is 46.7. The third kappa shape index (κ3) is 56.7. The average molecular weight is 998 g/mol. The van der Waals surface area contributed by atoms with Crippen LogP contribution in [0.2, 0.25) is 0 Å². The van der Waals surface area contributed by atoms with Gasteiger partial charge in [-0.3, -0.25) is 14.4 Å². The molecule has 1 unspecified atom stereocenters. The van der Waals surface area contributed by atoms with Crippen molar-refractivity contribution >= 4 is 17.9 Å². The Labute approximate surface area is 443 Å². The van der Waals surface area contributed by atoms with Gasteiger partial charge in [-0.25, -0.2) is 0 Å². The molecule has 0 aromatic heterocycles. The number of carbonyl (C=O) groups is 3. The predicted octanol–water partition coefficient (Wildman–Crippen LogP) is 20.0. The topological polar surface area (TPSA) is 78.9 Å². The molecular weight excluding hydrogens is 889 g/mol. The van der Waals surface area contributed by atoms with Crippen LogP contribution in [0.4, 0.5) is 0 Å². The van der Waals surface area contributed by atoms with E-state index in [1.165, 1.54) is 83.5 Å². The van der Waals surface area contributed by atoms with Crippen molar-refractivity contribution in [1.82, 2.24) is 0 Å². The van der Waals surface area contributed by atoms with Crippen molar-refractivity contribution in [3.8, 4) is 0 Å². The fourth-order valence-electron chi connectivity index (χ4n) is 7.78. The number of hydrogen-bond acceptors (Lipinski definition) is 6. The van der Waals surface area contributed by atoms with E-state index in [9.17, 15) is 14.4 Å². The van der Waals surface area contributed by atoms with Crippen molar-refractivity contribution in [2.45, 2.75) is 264 Å². The first-order chi connectivity index (χ1) is 35.5. The van der Waals surface area contributed by atoms with Crippen LogP contribution in [0.3, 0.4) is 0 Å². The first-order valence-corrected chi connectivity index (χ1v) is 29.5. The summed E-state index contributed by atoms with van der Waals surface area (Å²) < 4.78 is 16.8. The summed E-state index contributed by atoms with van der Waals surface area (Å²) in [7, 11) is 0. The second kappa shape index (κ2) is 59.4. The molecule has 6 nitrogen and oxygen atoms in total. The predicted molar refractivity (Wildman–Crippen MR) is 311 cm³/mol. The van der Waals surface area contributed by atoms with Crippen LogP contribution in [-0.2, 0) is 28.6 Å². The van der Waals surface area contributed by atoms with Crippen molar-refractivity contribution < 1.29 is 28.6 Å². The summed E-state index contributed by atoms with van der Waals surface area (Å²) in [4.78, 5) is 38.0. The molecule has 6 heteroatoms. The zero-order chi connectivity index (χ0) is 52.2. The van der Waals surface area contributed by atoms with Gasteiger partial charge in [0, 0.05) is 19.3 Å². The monoisotopic (exact) mass is 997 g/mol. The van der Waals surface area contributed by atoms with E-state index in [-0.39, 0.29) is 31.1 Å². The summed E-state index contributed by atoms with van der Waals surface area (Å²) >= 11 is 0. The Morgan fingerprint density at radius 3 is 0.875 bits per heavy atom. The smallest absolute Gasteiger partial charge is 0.306 e. The molecule has 0 aliphatic rings. The molecule has 0 spiro atoms. The second-order valence-corrected chi connectivity index (χ2v) is 19.2. The molecule has 72 heavy (non-hydrogen) atoms. The largest absolute Gasteiger partial charge is 0.462 e. The summed E-state index contributed by atoms with van der Waals surface area (Å²) in [5.41, 5.74) is 0. The Hall–Kier alpha value is -4.19. The lowest BCUT2D eigenvalue weighted by Gasteiger charge is -2.18. The van der Waals surface area contributed by atoms with E-state index < -0.39 is 6.10 Å². The van der Waals surface area contributed by atoms with E-state index >= 15 is 0 Å². The number of unbranched alkanes of at least 4 members (excludes halogenated alkanes) is 21. The fraction of sp³-hybridized carbons (Fsp3) is 0.652. The van der Waals surface area contributed by atoms with Gasteiger partial charge in [-0.1, -0.05) is 245 Å². The molecule has 0 aromatic carbocycles. The molecule has 0 aliphatic heterocycles. The van der Waals surface area contributed by atoms with Crippen LogP contribution in [0.5, 0.6) is 0 Å². The van der Waals surface area contributed by atoms with E-state index in [1.807, 2.05) is 0 Å². The summed E-state index contributed by atoms with van der Waals surface area (Å²) in [6, 6.07) is 0. The van der Waals surface area contributed by atoms with Crippen molar-refractivity contribution in [2.24, 2.45) is 0 Å². The SMILES string of the molecule is CC/C=C\C/C=C\C/C=C\C/C=C\C/C=C\C/C=C\C/C=C\C/C=C\C/C=C\CCCCCC(=O)OCC(COC(=O)CCCCCCCCCC)OC(=O)CCCCCCC/C=C\CCCCCCCC. The quantitative estimate of drug-likeness (QED) is 0.0261. The van der Waals surface area contributed by atoms with Crippen molar-refractivity contribution in [3.63, 3.8) is 0 Å². The van der Waals surface area contributed by atoms with Gasteiger partial charge in [-0.05, 0) is 116 Å². The minimum Gasteiger partial charge on any atom is -0.462 e. The molecule has 0 heterocycles. The lowest BCUT2D eigenvalue weighted by Crippen LogP contribution is -2.30. The van der Waals surface area contributed by atoms with Gasteiger partial charge in [-0.15, -0.1) is 0 Å². The van der Waals surface area contributed by atoms with E-state index in [4.69, 9.17) is 14.2 Å². The first kappa shape index (κ1) is 67.8. The molecule has 0 bridgehead atoms. The molecule has 0 aliphatic carbocycles. The van der Waals surface area contributed by atoms with Crippen LogP contribution in [0, 0.1) is 0 Å². The number of ether oxygens (including phenoxy) is 3. The molecule has 0 N–H and O–H groups in total. The fourth-order valence-corrected chi connectivity index (χ4v) is 7.78. The van der Waals surface area contributed by atoms with Crippen LogP contribution < -0.4 is 0 Å². The van der Waals surface area contributed by atoms with E-state index in [0.29, 0.717) is 19.3 Å². The molecular formula is C66H108O6. The summed E-state index contributed by atoms with van der Waals surface area (Å²) in [5, 5.41) is 0. The highest BCUT2D eigenvalue weighted by molar-refractivity contribution is 5.71. The molecule has 0 aromatic rings. The summed E-state index contributed by atoms with van der Waals surface area (Å²) in [5.74, 6) is -0.942. The van der Waals surface area contributed by atoms with Gasteiger partial charge in [0.05, 0.1) is 0 Å². The van der Waals surface area contributed by atoms with Gasteiger partial charge in [0.25, 0.3) is 0 Å². The molecule has 1 atom stereocenters. The summed E-state index contributed by atoms with van der Waals surface area (Å²) in [6.45, 7) is 6.45.